The van der Waals surface area contributed by atoms with Gasteiger partial charge in [-0.1, -0.05) is 32.9 Å². The van der Waals surface area contributed by atoms with Gasteiger partial charge < -0.3 is 10.2 Å². The molecule has 1 aromatic heterocycles. The zero-order valence-corrected chi connectivity index (χ0v) is 13.9. The highest BCUT2D eigenvalue weighted by Gasteiger charge is 2.25. The Hall–Kier alpha value is -2.01. The lowest BCUT2D eigenvalue weighted by Gasteiger charge is -2.33. The SMILES string of the molecule is CC(C)(C)c1nc(-c2cccc(F)c2)ncc1N1CCNCC1. The molecule has 1 aromatic carbocycles. The smallest absolute Gasteiger partial charge is 0.159 e. The minimum atomic E-state index is -0.269. The van der Waals surface area contributed by atoms with Crippen LogP contribution in [-0.4, -0.2) is 36.1 Å². The van der Waals surface area contributed by atoms with Crippen LogP contribution in [-0.2, 0) is 5.41 Å². The third-order valence-electron chi connectivity index (χ3n) is 4.02. The van der Waals surface area contributed by atoms with Crippen molar-refractivity contribution in [2.45, 2.75) is 26.2 Å². The van der Waals surface area contributed by atoms with Gasteiger partial charge in [-0.05, 0) is 12.1 Å². The van der Waals surface area contributed by atoms with E-state index in [4.69, 9.17) is 4.98 Å². The van der Waals surface area contributed by atoms with Crippen molar-refractivity contribution in [3.63, 3.8) is 0 Å². The topological polar surface area (TPSA) is 41.1 Å². The van der Waals surface area contributed by atoms with Crippen LogP contribution in [0, 0.1) is 5.82 Å². The van der Waals surface area contributed by atoms with Crippen LogP contribution in [0.1, 0.15) is 26.5 Å². The summed E-state index contributed by atoms with van der Waals surface area (Å²) in [6.07, 6.45) is 1.89. The Balaban J connectivity index is 2.05. The zero-order chi connectivity index (χ0) is 16.4. The minimum absolute atomic E-state index is 0.106. The molecule has 0 radical (unpaired) electrons. The van der Waals surface area contributed by atoms with E-state index in [1.165, 1.54) is 12.1 Å². The first-order valence-electron chi connectivity index (χ1n) is 8.04. The van der Waals surface area contributed by atoms with E-state index in [0.717, 1.165) is 37.6 Å². The Morgan fingerprint density at radius 3 is 2.57 bits per heavy atom. The zero-order valence-electron chi connectivity index (χ0n) is 13.9. The standard InChI is InChI=1S/C18H23FN4/c1-18(2,3)16-15(23-9-7-20-8-10-23)12-21-17(22-16)13-5-4-6-14(19)11-13/h4-6,11-12,20H,7-10H2,1-3H3. The first-order chi connectivity index (χ1) is 10.9. The van der Waals surface area contributed by atoms with E-state index in [0.29, 0.717) is 11.4 Å². The normalized spacial score (nSPS) is 15.7. The number of halogens is 1. The van der Waals surface area contributed by atoms with Gasteiger partial charge in [0.15, 0.2) is 5.82 Å². The first-order valence-corrected chi connectivity index (χ1v) is 8.04. The van der Waals surface area contributed by atoms with Crippen molar-refractivity contribution in [2.75, 3.05) is 31.1 Å². The third kappa shape index (κ3) is 3.50. The quantitative estimate of drug-likeness (QED) is 0.925. The Morgan fingerprint density at radius 2 is 1.91 bits per heavy atom. The Kier molecular flexibility index (Phi) is 4.31. The first kappa shape index (κ1) is 15.9. The molecule has 2 heterocycles. The fourth-order valence-corrected chi connectivity index (χ4v) is 2.83. The van der Waals surface area contributed by atoms with Crippen molar-refractivity contribution in [1.29, 1.82) is 0 Å². The van der Waals surface area contributed by atoms with Gasteiger partial charge in [0.05, 0.1) is 17.6 Å². The predicted octanol–water partition coefficient (Wildman–Crippen LogP) is 2.99. The maximum absolute atomic E-state index is 13.5. The van der Waals surface area contributed by atoms with Gasteiger partial charge in [-0.15, -0.1) is 0 Å². The minimum Gasteiger partial charge on any atom is -0.366 e. The van der Waals surface area contributed by atoms with Gasteiger partial charge in [-0.2, -0.15) is 0 Å². The van der Waals surface area contributed by atoms with Gasteiger partial charge in [0.25, 0.3) is 0 Å². The van der Waals surface area contributed by atoms with Crippen LogP contribution in [0.3, 0.4) is 0 Å². The fraction of sp³-hybridized carbons (Fsp3) is 0.444. The van der Waals surface area contributed by atoms with Crippen molar-refractivity contribution in [3.05, 3.63) is 42.0 Å². The average Bonchev–Trinajstić information content (AvgIpc) is 2.54. The second-order valence-electron chi connectivity index (χ2n) is 6.92. The van der Waals surface area contributed by atoms with E-state index in [1.54, 1.807) is 6.07 Å². The van der Waals surface area contributed by atoms with Crippen molar-refractivity contribution < 1.29 is 4.39 Å². The molecule has 1 fully saturated rings. The summed E-state index contributed by atoms with van der Waals surface area (Å²) in [7, 11) is 0. The monoisotopic (exact) mass is 314 g/mol. The lowest BCUT2D eigenvalue weighted by molar-refractivity contribution is 0.548. The van der Waals surface area contributed by atoms with E-state index < -0.39 is 0 Å². The molecule has 122 valence electrons. The Bertz CT molecular complexity index is 688. The lowest BCUT2D eigenvalue weighted by Crippen LogP contribution is -2.44. The van der Waals surface area contributed by atoms with E-state index in [9.17, 15) is 4.39 Å². The molecular weight excluding hydrogens is 291 g/mol. The van der Waals surface area contributed by atoms with Crippen LogP contribution in [0.25, 0.3) is 11.4 Å². The molecular formula is C18H23FN4. The summed E-state index contributed by atoms with van der Waals surface area (Å²) in [5.74, 6) is 0.308. The van der Waals surface area contributed by atoms with E-state index >= 15 is 0 Å². The molecule has 0 unspecified atom stereocenters. The third-order valence-corrected chi connectivity index (χ3v) is 4.02. The van der Waals surface area contributed by atoms with Crippen LogP contribution >= 0.6 is 0 Å². The number of anilines is 1. The molecule has 1 saturated heterocycles. The van der Waals surface area contributed by atoms with Gasteiger partial charge >= 0.3 is 0 Å². The van der Waals surface area contributed by atoms with Gasteiger partial charge in [0.1, 0.15) is 5.82 Å². The molecule has 0 atom stereocenters. The molecule has 0 spiro atoms. The largest absolute Gasteiger partial charge is 0.366 e. The van der Waals surface area contributed by atoms with Crippen molar-refractivity contribution in [2.24, 2.45) is 0 Å². The van der Waals surface area contributed by atoms with Gasteiger partial charge in [0, 0.05) is 37.2 Å². The molecule has 4 nitrogen and oxygen atoms in total. The molecule has 1 aliphatic rings. The molecule has 1 N–H and O–H groups in total. The summed E-state index contributed by atoms with van der Waals surface area (Å²) in [5.41, 5.74) is 2.70. The lowest BCUT2D eigenvalue weighted by atomic mass is 9.90. The average molecular weight is 314 g/mol. The molecule has 23 heavy (non-hydrogen) atoms. The molecule has 0 aliphatic carbocycles. The Morgan fingerprint density at radius 1 is 1.17 bits per heavy atom. The number of piperazine rings is 1. The number of nitrogens with one attached hydrogen (secondary N) is 1. The summed E-state index contributed by atoms with van der Waals surface area (Å²) in [5, 5.41) is 3.36. The van der Waals surface area contributed by atoms with Crippen LogP contribution in [0.4, 0.5) is 10.1 Å². The molecule has 3 rings (SSSR count). The maximum atomic E-state index is 13.5. The summed E-state index contributed by atoms with van der Waals surface area (Å²) in [6, 6.07) is 6.44. The molecule has 0 amide bonds. The van der Waals surface area contributed by atoms with Crippen LogP contribution < -0.4 is 10.2 Å². The van der Waals surface area contributed by atoms with Gasteiger partial charge in [0.2, 0.25) is 0 Å². The van der Waals surface area contributed by atoms with Gasteiger partial charge in [-0.25, -0.2) is 14.4 Å². The van der Waals surface area contributed by atoms with Crippen molar-refractivity contribution >= 4 is 5.69 Å². The van der Waals surface area contributed by atoms with Crippen molar-refractivity contribution in [3.8, 4) is 11.4 Å². The van der Waals surface area contributed by atoms with Crippen LogP contribution in [0.2, 0.25) is 0 Å². The van der Waals surface area contributed by atoms with E-state index in [1.807, 2.05) is 12.3 Å². The highest BCUT2D eigenvalue weighted by Crippen LogP contribution is 2.31. The fourth-order valence-electron chi connectivity index (χ4n) is 2.83. The number of rotatable bonds is 2. The highest BCUT2D eigenvalue weighted by atomic mass is 19.1. The number of hydrogen-bond donors (Lipinski definition) is 1. The molecule has 0 saturated carbocycles. The second-order valence-corrected chi connectivity index (χ2v) is 6.92. The number of aromatic nitrogens is 2. The Labute approximate surface area is 136 Å². The van der Waals surface area contributed by atoms with Gasteiger partial charge in [-0.3, -0.25) is 0 Å². The molecule has 5 heteroatoms. The molecule has 2 aromatic rings. The van der Waals surface area contributed by atoms with E-state index in [-0.39, 0.29) is 11.2 Å². The number of hydrogen-bond acceptors (Lipinski definition) is 4. The van der Waals surface area contributed by atoms with E-state index in [2.05, 4.69) is 36.0 Å². The van der Waals surface area contributed by atoms with Crippen molar-refractivity contribution in [1.82, 2.24) is 15.3 Å². The number of benzene rings is 1. The summed E-state index contributed by atoms with van der Waals surface area (Å²) in [4.78, 5) is 11.6. The number of nitrogens with zero attached hydrogens (tertiary/aromatic N) is 3. The maximum Gasteiger partial charge on any atom is 0.159 e. The van der Waals surface area contributed by atoms with Crippen LogP contribution in [0.5, 0.6) is 0 Å². The molecule has 1 aliphatic heterocycles. The van der Waals surface area contributed by atoms with Crippen LogP contribution in [0.15, 0.2) is 30.5 Å². The summed E-state index contributed by atoms with van der Waals surface area (Å²) in [6.45, 7) is 10.3. The highest BCUT2D eigenvalue weighted by molar-refractivity contribution is 5.60. The molecule has 0 bridgehead atoms. The summed E-state index contributed by atoms with van der Waals surface area (Å²) < 4.78 is 13.5. The summed E-state index contributed by atoms with van der Waals surface area (Å²) >= 11 is 0. The predicted molar refractivity (Wildman–Crippen MR) is 91.2 cm³/mol. The second kappa shape index (κ2) is 6.24.